The van der Waals surface area contributed by atoms with Crippen LogP contribution < -0.4 is 5.32 Å². The number of aromatic nitrogens is 4. The minimum Gasteiger partial charge on any atom is -0.306 e. The van der Waals surface area contributed by atoms with Gasteiger partial charge in [-0.25, -0.2) is 4.98 Å². The van der Waals surface area contributed by atoms with Crippen LogP contribution in [0.3, 0.4) is 0 Å². The maximum absolute atomic E-state index is 13.8. The molecule has 0 saturated carbocycles. The van der Waals surface area contributed by atoms with Crippen LogP contribution in [-0.4, -0.2) is 44.1 Å². The van der Waals surface area contributed by atoms with Crippen molar-refractivity contribution in [2.75, 3.05) is 19.4 Å². The molecule has 0 aliphatic heterocycles. The third-order valence-electron chi connectivity index (χ3n) is 6.76. The van der Waals surface area contributed by atoms with E-state index in [1.54, 1.807) is 17.6 Å². The van der Waals surface area contributed by atoms with E-state index in [-0.39, 0.29) is 22.9 Å². The Bertz CT molecular complexity index is 1650. The Morgan fingerprint density at radius 2 is 1.74 bits per heavy atom. The number of nitrogens with one attached hydrogen (secondary N) is 1. The average Bonchev–Trinajstić information content (AvgIpc) is 3.51. The van der Waals surface area contributed by atoms with E-state index in [9.17, 15) is 18.0 Å². The van der Waals surface area contributed by atoms with Crippen molar-refractivity contribution >= 4 is 17.4 Å². The van der Waals surface area contributed by atoms with E-state index < -0.39 is 17.6 Å². The third kappa shape index (κ3) is 5.15. The molecule has 1 atom stereocenters. The van der Waals surface area contributed by atoms with Crippen LogP contribution in [0.5, 0.6) is 0 Å². The molecule has 10 heteroatoms. The van der Waals surface area contributed by atoms with Crippen LogP contribution in [0.1, 0.15) is 34.5 Å². The Hall–Kier alpha value is -4.44. The maximum Gasteiger partial charge on any atom is 0.417 e. The van der Waals surface area contributed by atoms with Crippen molar-refractivity contribution in [1.82, 2.24) is 24.1 Å². The highest BCUT2D eigenvalue weighted by Crippen LogP contribution is 2.37. The molecule has 5 rings (SSSR count). The van der Waals surface area contributed by atoms with Crippen LogP contribution in [0.15, 0.2) is 79.1 Å². The number of amides is 1. The normalized spacial score (nSPS) is 12.7. The van der Waals surface area contributed by atoms with Crippen LogP contribution in [0.4, 0.5) is 19.0 Å². The lowest BCUT2D eigenvalue weighted by Crippen LogP contribution is -2.17. The van der Waals surface area contributed by atoms with Crippen molar-refractivity contribution in [2.45, 2.75) is 19.1 Å². The molecule has 39 heavy (non-hydrogen) atoms. The van der Waals surface area contributed by atoms with E-state index in [1.807, 2.05) is 62.8 Å². The first-order valence-corrected chi connectivity index (χ1v) is 12.3. The lowest BCUT2D eigenvalue weighted by atomic mass is 10.0. The molecule has 3 aromatic heterocycles. The molecule has 0 unspecified atom stereocenters. The lowest BCUT2D eigenvalue weighted by Gasteiger charge is -2.20. The molecular weight excluding hydrogens is 505 g/mol. The molecule has 2 aromatic carbocycles. The second-order valence-electron chi connectivity index (χ2n) is 9.59. The number of hydrogen-bond donors (Lipinski definition) is 1. The molecule has 0 aliphatic rings. The summed E-state index contributed by atoms with van der Waals surface area (Å²) in [5, 5.41) is 7.03. The Kier molecular flexibility index (Phi) is 6.73. The second-order valence-corrected chi connectivity index (χ2v) is 9.59. The maximum atomic E-state index is 13.8. The van der Waals surface area contributed by atoms with Crippen molar-refractivity contribution in [2.24, 2.45) is 7.05 Å². The Morgan fingerprint density at radius 3 is 2.38 bits per heavy atom. The van der Waals surface area contributed by atoms with Gasteiger partial charge in [-0.15, -0.1) is 0 Å². The van der Waals surface area contributed by atoms with Gasteiger partial charge >= 0.3 is 6.18 Å². The molecule has 0 aliphatic carbocycles. The van der Waals surface area contributed by atoms with Gasteiger partial charge in [0.15, 0.2) is 0 Å². The first-order chi connectivity index (χ1) is 18.5. The summed E-state index contributed by atoms with van der Waals surface area (Å²) in [5.74, 6) is -0.143. The number of nitrogens with zero attached hydrogens (tertiary/aromatic N) is 5. The molecule has 0 fully saturated rings. The number of rotatable bonds is 6. The number of hydrogen-bond acceptors (Lipinski definition) is 4. The molecule has 1 N–H and O–H groups in total. The summed E-state index contributed by atoms with van der Waals surface area (Å²) in [4.78, 5) is 20.4. The van der Waals surface area contributed by atoms with Crippen molar-refractivity contribution in [1.29, 1.82) is 0 Å². The summed E-state index contributed by atoms with van der Waals surface area (Å²) in [6, 6.07) is 18.3. The zero-order chi connectivity index (χ0) is 27.9. The largest absolute Gasteiger partial charge is 0.417 e. The zero-order valence-electron chi connectivity index (χ0n) is 21.9. The first kappa shape index (κ1) is 26.2. The lowest BCUT2D eigenvalue weighted by molar-refractivity contribution is -0.137. The second kappa shape index (κ2) is 10.0. The fraction of sp³-hybridized carbons (Fsp3) is 0.207. The van der Waals surface area contributed by atoms with E-state index in [2.05, 4.69) is 22.2 Å². The average molecular weight is 533 g/mol. The quantitative estimate of drug-likeness (QED) is 0.279. The van der Waals surface area contributed by atoms with Gasteiger partial charge in [0.1, 0.15) is 17.2 Å². The zero-order valence-corrected chi connectivity index (χ0v) is 21.9. The van der Waals surface area contributed by atoms with E-state index in [0.29, 0.717) is 17.2 Å². The van der Waals surface area contributed by atoms with Crippen molar-refractivity contribution < 1.29 is 18.0 Å². The fourth-order valence-corrected chi connectivity index (χ4v) is 4.42. The SMILES string of the molecule is C[C@@H](c1ccn2c(NC(=O)c3ccc(C(F)(F)F)c(-c4ccn(C)n4)c3)c(-c3ccccc3)nc2c1)N(C)C. The van der Waals surface area contributed by atoms with Crippen molar-refractivity contribution in [3.05, 3.63) is 95.8 Å². The predicted molar refractivity (Wildman–Crippen MR) is 144 cm³/mol. The van der Waals surface area contributed by atoms with E-state index in [1.165, 1.54) is 22.9 Å². The monoisotopic (exact) mass is 532 g/mol. The molecule has 5 aromatic rings. The Morgan fingerprint density at radius 1 is 1.00 bits per heavy atom. The minimum atomic E-state index is -4.61. The van der Waals surface area contributed by atoms with Crippen LogP contribution in [-0.2, 0) is 13.2 Å². The number of benzene rings is 2. The summed E-state index contributed by atoms with van der Waals surface area (Å²) in [6.07, 6.45) is -1.21. The fourth-order valence-electron chi connectivity index (χ4n) is 4.42. The summed E-state index contributed by atoms with van der Waals surface area (Å²) in [5.41, 5.74) is 2.20. The van der Waals surface area contributed by atoms with Gasteiger partial charge in [-0.05, 0) is 63.0 Å². The molecule has 0 radical (unpaired) electrons. The van der Waals surface area contributed by atoms with Crippen LogP contribution in [0.2, 0.25) is 0 Å². The Labute approximate surface area is 223 Å². The molecule has 0 saturated heterocycles. The molecular formula is C29H27F3N6O. The topological polar surface area (TPSA) is 67.5 Å². The van der Waals surface area contributed by atoms with E-state index >= 15 is 0 Å². The molecule has 0 spiro atoms. The van der Waals surface area contributed by atoms with Crippen molar-refractivity contribution in [3.63, 3.8) is 0 Å². The number of carbonyl (C=O) groups excluding carboxylic acids is 1. The summed E-state index contributed by atoms with van der Waals surface area (Å²) in [6.45, 7) is 2.08. The van der Waals surface area contributed by atoms with E-state index in [4.69, 9.17) is 4.98 Å². The van der Waals surface area contributed by atoms with Crippen LogP contribution in [0, 0.1) is 0 Å². The van der Waals surface area contributed by atoms with Gasteiger partial charge in [-0.3, -0.25) is 13.9 Å². The number of anilines is 1. The minimum absolute atomic E-state index is 0.0652. The summed E-state index contributed by atoms with van der Waals surface area (Å²) >= 11 is 0. The summed E-state index contributed by atoms with van der Waals surface area (Å²) < 4.78 is 44.5. The number of alkyl halides is 3. The van der Waals surface area contributed by atoms with Gasteiger partial charge in [0.25, 0.3) is 5.91 Å². The highest BCUT2D eigenvalue weighted by molar-refractivity contribution is 6.06. The molecule has 3 heterocycles. The standard InChI is InChI=1S/C29H27F3N6O/c1-18(36(2)3)20-12-15-38-25(17-20)33-26(19-8-6-5-7-9-19)27(38)34-28(39)21-10-11-23(29(30,31)32)22(16-21)24-13-14-37(4)35-24/h5-18H,1-4H3,(H,34,39)/t18-/m0/s1. The smallest absolute Gasteiger partial charge is 0.306 e. The van der Waals surface area contributed by atoms with Gasteiger partial charge in [0.05, 0.1) is 11.3 Å². The van der Waals surface area contributed by atoms with Gasteiger partial charge in [-0.1, -0.05) is 30.3 Å². The van der Waals surface area contributed by atoms with Gasteiger partial charge in [-0.2, -0.15) is 18.3 Å². The van der Waals surface area contributed by atoms with E-state index in [0.717, 1.165) is 17.2 Å². The number of fused-ring (bicyclic) bond motifs is 1. The van der Waals surface area contributed by atoms with Gasteiger partial charge in [0, 0.05) is 42.2 Å². The summed E-state index contributed by atoms with van der Waals surface area (Å²) in [7, 11) is 5.60. The molecule has 7 nitrogen and oxygen atoms in total. The molecule has 200 valence electrons. The Balaban J connectivity index is 1.59. The van der Waals surface area contributed by atoms with Crippen LogP contribution in [0.25, 0.3) is 28.2 Å². The highest BCUT2D eigenvalue weighted by Gasteiger charge is 2.34. The van der Waals surface area contributed by atoms with Crippen molar-refractivity contribution in [3.8, 4) is 22.5 Å². The van der Waals surface area contributed by atoms with Crippen LogP contribution >= 0.6 is 0 Å². The van der Waals surface area contributed by atoms with Gasteiger partial charge in [0.2, 0.25) is 0 Å². The highest BCUT2D eigenvalue weighted by atomic mass is 19.4. The number of halogens is 3. The third-order valence-corrected chi connectivity index (χ3v) is 6.76. The molecule has 1 amide bonds. The number of aryl methyl sites for hydroxylation is 1. The number of imidazole rings is 1. The number of carbonyl (C=O) groups is 1. The predicted octanol–water partition coefficient (Wildman–Crippen LogP) is 6.30. The first-order valence-electron chi connectivity index (χ1n) is 12.3. The number of pyridine rings is 1. The van der Waals surface area contributed by atoms with Gasteiger partial charge < -0.3 is 10.2 Å². The molecule has 0 bridgehead atoms.